The summed E-state index contributed by atoms with van der Waals surface area (Å²) in [5.41, 5.74) is 17.0. The standard InChI is InChI=1S/C42H32BN3/c1-3-14-29(15-4-1)44-38-23-12-9-20-34(38)43-35-28-31(46-36-21-10-7-18-32(36)33-19-8-11-22-37(33)46)26-27-39(35)45(30-16-5-2-6-17-30)41-25-13-24-40(44)42(41)43/h1-7,9-10,12-18,20-21,23-28H,8,11,19,22H2. The molecule has 4 heteroatoms. The number of aromatic nitrogens is 1. The first-order valence-electron chi connectivity index (χ1n) is 16.5. The van der Waals surface area contributed by atoms with Gasteiger partial charge in [-0.3, -0.25) is 0 Å². The fraction of sp³-hybridized carbons (Fsp3) is 0.0952. The molecule has 0 bridgehead atoms. The summed E-state index contributed by atoms with van der Waals surface area (Å²) in [5.74, 6) is 0. The summed E-state index contributed by atoms with van der Waals surface area (Å²) in [6, 6.07) is 53.8. The van der Waals surface area contributed by atoms with E-state index in [2.05, 4.69) is 160 Å². The van der Waals surface area contributed by atoms with Crippen molar-refractivity contribution < 1.29 is 0 Å². The Morgan fingerprint density at radius 1 is 0.457 bits per heavy atom. The predicted octanol–water partition coefficient (Wildman–Crippen LogP) is 8.59. The van der Waals surface area contributed by atoms with Crippen molar-refractivity contribution in [1.82, 2.24) is 4.57 Å². The highest BCUT2D eigenvalue weighted by Gasteiger charge is 2.43. The van der Waals surface area contributed by atoms with Crippen molar-refractivity contribution >= 4 is 68.1 Å². The molecule has 1 aliphatic carbocycles. The number of hydrogen-bond donors (Lipinski definition) is 0. The molecule has 0 saturated heterocycles. The fourth-order valence-electron chi connectivity index (χ4n) is 8.52. The van der Waals surface area contributed by atoms with E-state index >= 15 is 0 Å². The number of nitrogens with zero attached hydrogens (tertiary/aromatic N) is 3. The zero-order chi connectivity index (χ0) is 30.2. The molecular weight excluding hydrogens is 557 g/mol. The first-order chi connectivity index (χ1) is 22.9. The molecule has 46 heavy (non-hydrogen) atoms. The van der Waals surface area contributed by atoms with E-state index in [1.165, 1.54) is 85.6 Å². The predicted molar refractivity (Wildman–Crippen MR) is 194 cm³/mol. The van der Waals surface area contributed by atoms with Gasteiger partial charge >= 0.3 is 0 Å². The van der Waals surface area contributed by atoms with Crippen LogP contribution in [0.4, 0.5) is 34.1 Å². The minimum absolute atomic E-state index is 0.106. The minimum Gasteiger partial charge on any atom is -0.313 e. The number of aryl methyl sites for hydroxylation is 1. The second-order valence-corrected chi connectivity index (χ2v) is 12.8. The number of fused-ring (bicyclic) bond motifs is 7. The van der Waals surface area contributed by atoms with Crippen molar-refractivity contribution in [2.75, 3.05) is 9.80 Å². The van der Waals surface area contributed by atoms with E-state index in [4.69, 9.17) is 0 Å². The van der Waals surface area contributed by atoms with Crippen LogP contribution in [0.3, 0.4) is 0 Å². The highest BCUT2D eigenvalue weighted by molar-refractivity contribution is 7.00. The van der Waals surface area contributed by atoms with Crippen LogP contribution in [0.25, 0.3) is 16.6 Å². The third kappa shape index (κ3) is 3.61. The van der Waals surface area contributed by atoms with Crippen molar-refractivity contribution in [2.24, 2.45) is 0 Å². The van der Waals surface area contributed by atoms with E-state index < -0.39 is 0 Å². The zero-order valence-electron chi connectivity index (χ0n) is 25.6. The molecule has 218 valence electrons. The van der Waals surface area contributed by atoms with Crippen molar-refractivity contribution in [3.63, 3.8) is 0 Å². The molecule has 0 unspecified atom stereocenters. The summed E-state index contributed by atoms with van der Waals surface area (Å²) in [4.78, 5) is 4.94. The number of benzene rings is 6. The van der Waals surface area contributed by atoms with E-state index in [1.807, 2.05) is 0 Å². The third-order valence-electron chi connectivity index (χ3n) is 10.3. The smallest absolute Gasteiger partial charge is 0.252 e. The van der Waals surface area contributed by atoms with Gasteiger partial charge in [-0.1, -0.05) is 78.9 Å². The maximum absolute atomic E-state index is 2.57. The van der Waals surface area contributed by atoms with Gasteiger partial charge in [-0.05, 0) is 114 Å². The molecule has 0 saturated carbocycles. The molecule has 0 atom stereocenters. The van der Waals surface area contributed by atoms with E-state index in [-0.39, 0.29) is 6.71 Å². The van der Waals surface area contributed by atoms with Crippen LogP contribution in [0.2, 0.25) is 0 Å². The van der Waals surface area contributed by atoms with E-state index in [0.717, 1.165) is 12.8 Å². The van der Waals surface area contributed by atoms with Gasteiger partial charge in [0.25, 0.3) is 6.71 Å². The molecule has 0 spiro atoms. The molecule has 3 nitrogen and oxygen atoms in total. The van der Waals surface area contributed by atoms with Crippen LogP contribution < -0.4 is 26.2 Å². The molecular formula is C42H32BN3. The van der Waals surface area contributed by atoms with E-state index in [9.17, 15) is 0 Å². The van der Waals surface area contributed by atoms with Gasteiger partial charge in [0, 0.05) is 50.9 Å². The largest absolute Gasteiger partial charge is 0.313 e. The Bertz CT molecular complexity index is 2270. The van der Waals surface area contributed by atoms with Gasteiger partial charge in [0.15, 0.2) is 0 Å². The van der Waals surface area contributed by atoms with Crippen LogP contribution in [0, 0.1) is 0 Å². The van der Waals surface area contributed by atoms with Crippen molar-refractivity contribution in [2.45, 2.75) is 25.7 Å². The van der Waals surface area contributed by atoms with Gasteiger partial charge in [0.1, 0.15) is 0 Å². The molecule has 1 aromatic heterocycles. The SMILES string of the molecule is c1ccc(N2c3ccccc3B3c4cc(-n5c6c(c7ccccc75)CCCC6)ccc4N(c4ccccc4)c4cccc2c43)cc1. The van der Waals surface area contributed by atoms with Gasteiger partial charge in [-0.2, -0.15) is 0 Å². The zero-order valence-corrected chi connectivity index (χ0v) is 25.6. The van der Waals surface area contributed by atoms with Crippen LogP contribution in [-0.4, -0.2) is 11.3 Å². The molecule has 0 amide bonds. The average molecular weight is 590 g/mol. The summed E-state index contributed by atoms with van der Waals surface area (Å²) >= 11 is 0. The Morgan fingerprint density at radius 2 is 1.07 bits per heavy atom. The summed E-state index contributed by atoms with van der Waals surface area (Å²) in [6.07, 6.45) is 4.81. The van der Waals surface area contributed by atoms with Gasteiger partial charge in [0.05, 0.1) is 5.52 Å². The van der Waals surface area contributed by atoms with Crippen LogP contribution in [0.15, 0.2) is 146 Å². The molecule has 2 aliphatic heterocycles. The Morgan fingerprint density at radius 3 is 1.83 bits per heavy atom. The average Bonchev–Trinajstić information content (AvgIpc) is 3.46. The highest BCUT2D eigenvalue weighted by atomic mass is 15.2. The fourth-order valence-corrected chi connectivity index (χ4v) is 8.52. The maximum atomic E-state index is 2.57. The lowest BCUT2D eigenvalue weighted by Gasteiger charge is -2.44. The third-order valence-corrected chi connectivity index (χ3v) is 10.3. The number of anilines is 6. The van der Waals surface area contributed by atoms with Gasteiger partial charge in [-0.15, -0.1) is 0 Å². The molecule has 0 fully saturated rings. The lowest BCUT2D eigenvalue weighted by Crippen LogP contribution is -2.61. The molecule has 3 heterocycles. The summed E-state index contributed by atoms with van der Waals surface area (Å²) in [5, 5.41) is 1.41. The van der Waals surface area contributed by atoms with Gasteiger partial charge < -0.3 is 14.4 Å². The second kappa shape index (κ2) is 10.0. The molecule has 0 radical (unpaired) electrons. The molecule has 6 aromatic carbocycles. The Labute approximate surface area is 270 Å². The monoisotopic (exact) mass is 589 g/mol. The Balaban J connectivity index is 1.28. The number of para-hydroxylation sites is 4. The Hall–Kier alpha value is -5.48. The number of rotatable bonds is 3. The summed E-state index contributed by atoms with van der Waals surface area (Å²) in [7, 11) is 0. The van der Waals surface area contributed by atoms with E-state index in [1.54, 1.807) is 5.56 Å². The van der Waals surface area contributed by atoms with Crippen molar-refractivity contribution in [1.29, 1.82) is 0 Å². The molecule has 7 aromatic rings. The normalized spacial score (nSPS) is 14.5. The molecule has 10 rings (SSSR count). The molecule has 3 aliphatic rings. The minimum atomic E-state index is 0.106. The quantitative estimate of drug-likeness (QED) is 0.191. The van der Waals surface area contributed by atoms with Crippen LogP contribution in [0.1, 0.15) is 24.1 Å². The van der Waals surface area contributed by atoms with E-state index in [0.29, 0.717) is 0 Å². The number of hydrogen-bond acceptors (Lipinski definition) is 2. The second-order valence-electron chi connectivity index (χ2n) is 12.8. The summed E-state index contributed by atoms with van der Waals surface area (Å²) < 4.78 is 2.57. The molecule has 0 N–H and O–H groups in total. The van der Waals surface area contributed by atoms with Gasteiger partial charge in [0.2, 0.25) is 0 Å². The van der Waals surface area contributed by atoms with Crippen LogP contribution in [-0.2, 0) is 12.8 Å². The van der Waals surface area contributed by atoms with Crippen LogP contribution in [0.5, 0.6) is 0 Å². The maximum Gasteiger partial charge on any atom is 0.252 e. The summed E-state index contributed by atoms with van der Waals surface area (Å²) in [6.45, 7) is 0.106. The van der Waals surface area contributed by atoms with Crippen LogP contribution >= 0.6 is 0 Å². The Kier molecular flexibility index (Phi) is 5.62. The van der Waals surface area contributed by atoms with Gasteiger partial charge in [-0.25, -0.2) is 0 Å². The first-order valence-corrected chi connectivity index (χ1v) is 16.5. The lowest BCUT2D eigenvalue weighted by molar-refractivity contribution is 0.667. The lowest BCUT2D eigenvalue weighted by atomic mass is 9.33. The van der Waals surface area contributed by atoms with Crippen molar-refractivity contribution in [3.8, 4) is 5.69 Å². The highest BCUT2D eigenvalue weighted by Crippen LogP contribution is 2.44. The first kappa shape index (κ1) is 25.8. The topological polar surface area (TPSA) is 11.4 Å². The van der Waals surface area contributed by atoms with Crippen molar-refractivity contribution in [3.05, 3.63) is 157 Å².